The Balaban J connectivity index is 1.58. The van der Waals surface area contributed by atoms with Crippen molar-refractivity contribution in [1.29, 1.82) is 0 Å². The molecule has 2 amide bonds. The number of nitrogens with two attached hydrogens (primary N) is 1. The summed E-state index contributed by atoms with van der Waals surface area (Å²) in [7, 11) is 0. The van der Waals surface area contributed by atoms with Gasteiger partial charge in [-0.15, -0.1) is 0 Å². The number of hydrogen-bond donors (Lipinski definition) is 1. The van der Waals surface area contributed by atoms with Gasteiger partial charge in [-0.1, -0.05) is 65.8 Å². The first-order valence-electron chi connectivity index (χ1n) is 11.0. The number of likely N-dealkylation sites (tertiary alicyclic amines) is 1. The second kappa shape index (κ2) is 10.4. The molecule has 2 unspecified atom stereocenters. The van der Waals surface area contributed by atoms with Crippen molar-refractivity contribution in [2.75, 3.05) is 13.1 Å². The summed E-state index contributed by atoms with van der Waals surface area (Å²) in [6.07, 6.45) is 3.38. The smallest absolute Gasteiger partial charge is 0.235 e. The third kappa shape index (κ3) is 5.60. The topological polar surface area (TPSA) is 81.2 Å². The minimum absolute atomic E-state index is 0.00764. The molecular formula is C25H27ClN4O2S. The normalized spacial score (nSPS) is 17.0. The van der Waals surface area contributed by atoms with Crippen molar-refractivity contribution in [2.24, 2.45) is 11.7 Å². The lowest BCUT2D eigenvalue weighted by Gasteiger charge is -2.32. The lowest BCUT2D eigenvalue weighted by Crippen LogP contribution is -2.46. The SMILES string of the molecule is CC(Sc1ncc(-c2ccc(Cl)cc2)n1Cc1ccccc1)C(=O)N1CCCC(C(N)=O)C1. The molecule has 1 saturated heterocycles. The highest BCUT2D eigenvalue weighted by Crippen LogP contribution is 2.31. The molecule has 0 radical (unpaired) electrons. The average Bonchev–Trinajstić information content (AvgIpc) is 3.21. The van der Waals surface area contributed by atoms with Gasteiger partial charge in [0.2, 0.25) is 11.8 Å². The molecule has 1 fully saturated rings. The van der Waals surface area contributed by atoms with Crippen LogP contribution in [0, 0.1) is 5.92 Å². The van der Waals surface area contributed by atoms with Crippen LogP contribution < -0.4 is 5.73 Å². The molecule has 1 aliphatic rings. The second-order valence-electron chi connectivity index (χ2n) is 8.29. The lowest BCUT2D eigenvalue weighted by atomic mass is 9.97. The quantitative estimate of drug-likeness (QED) is 0.504. The number of halogens is 1. The third-order valence-electron chi connectivity index (χ3n) is 5.91. The molecule has 0 saturated carbocycles. The molecule has 1 aromatic heterocycles. The number of primary amides is 1. The van der Waals surface area contributed by atoms with E-state index in [1.165, 1.54) is 11.8 Å². The van der Waals surface area contributed by atoms with Crippen molar-refractivity contribution in [1.82, 2.24) is 14.5 Å². The fourth-order valence-electron chi connectivity index (χ4n) is 4.10. The van der Waals surface area contributed by atoms with E-state index in [-0.39, 0.29) is 23.0 Å². The molecule has 172 valence electrons. The van der Waals surface area contributed by atoms with Crippen molar-refractivity contribution >= 4 is 35.2 Å². The van der Waals surface area contributed by atoms with E-state index in [9.17, 15) is 9.59 Å². The van der Waals surface area contributed by atoms with Crippen LogP contribution in [-0.4, -0.2) is 44.6 Å². The number of hydrogen-bond acceptors (Lipinski definition) is 4. The number of piperidine rings is 1. The Morgan fingerprint density at radius 2 is 1.91 bits per heavy atom. The first kappa shape index (κ1) is 23.4. The van der Waals surface area contributed by atoms with Gasteiger partial charge in [-0.2, -0.15) is 0 Å². The summed E-state index contributed by atoms with van der Waals surface area (Å²) in [5, 5.41) is 1.11. The fraction of sp³-hybridized carbons (Fsp3) is 0.320. The Labute approximate surface area is 203 Å². The molecule has 0 bridgehead atoms. The number of carbonyl (C=O) groups is 2. The maximum Gasteiger partial charge on any atom is 0.235 e. The predicted molar refractivity (Wildman–Crippen MR) is 132 cm³/mol. The van der Waals surface area contributed by atoms with Crippen LogP contribution in [0.4, 0.5) is 0 Å². The van der Waals surface area contributed by atoms with Gasteiger partial charge in [0.15, 0.2) is 5.16 Å². The summed E-state index contributed by atoms with van der Waals surface area (Å²) in [4.78, 5) is 31.2. The molecular weight excluding hydrogens is 456 g/mol. The first-order chi connectivity index (χ1) is 15.9. The Morgan fingerprint density at radius 1 is 1.18 bits per heavy atom. The van der Waals surface area contributed by atoms with Gasteiger partial charge >= 0.3 is 0 Å². The Hall–Kier alpha value is -2.77. The number of amides is 2. The molecule has 2 heterocycles. The second-order valence-corrected chi connectivity index (χ2v) is 10.0. The zero-order valence-electron chi connectivity index (χ0n) is 18.5. The largest absolute Gasteiger partial charge is 0.369 e. The number of imidazole rings is 1. The third-order valence-corrected chi connectivity index (χ3v) is 7.25. The fourth-order valence-corrected chi connectivity index (χ4v) is 5.19. The van der Waals surface area contributed by atoms with Crippen LogP contribution in [0.3, 0.4) is 0 Å². The van der Waals surface area contributed by atoms with E-state index in [1.54, 1.807) is 4.90 Å². The van der Waals surface area contributed by atoms with E-state index in [2.05, 4.69) is 21.7 Å². The molecule has 2 N–H and O–H groups in total. The minimum Gasteiger partial charge on any atom is -0.369 e. The number of carbonyl (C=O) groups excluding carboxylic acids is 2. The molecule has 2 aromatic carbocycles. The van der Waals surface area contributed by atoms with Gasteiger partial charge in [0, 0.05) is 18.1 Å². The number of aromatic nitrogens is 2. The van der Waals surface area contributed by atoms with Gasteiger partial charge in [-0.05, 0) is 43.0 Å². The van der Waals surface area contributed by atoms with Crippen LogP contribution in [0.25, 0.3) is 11.3 Å². The summed E-state index contributed by atoms with van der Waals surface area (Å²) in [5.74, 6) is -0.594. The highest BCUT2D eigenvalue weighted by molar-refractivity contribution is 8.00. The Kier molecular flexibility index (Phi) is 7.40. The Morgan fingerprint density at radius 3 is 2.61 bits per heavy atom. The molecule has 33 heavy (non-hydrogen) atoms. The van der Waals surface area contributed by atoms with Crippen molar-refractivity contribution in [2.45, 2.75) is 36.7 Å². The molecule has 6 nitrogen and oxygen atoms in total. The average molecular weight is 483 g/mol. The van der Waals surface area contributed by atoms with Crippen LogP contribution in [0.2, 0.25) is 5.02 Å². The zero-order valence-corrected chi connectivity index (χ0v) is 20.1. The molecule has 2 atom stereocenters. The van der Waals surface area contributed by atoms with Crippen molar-refractivity contribution in [3.05, 3.63) is 71.4 Å². The van der Waals surface area contributed by atoms with Crippen LogP contribution in [-0.2, 0) is 16.1 Å². The maximum absolute atomic E-state index is 13.2. The molecule has 0 aliphatic carbocycles. The highest BCUT2D eigenvalue weighted by Gasteiger charge is 2.30. The van der Waals surface area contributed by atoms with E-state index in [4.69, 9.17) is 17.3 Å². The summed E-state index contributed by atoms with van der Waals surface area (Å²) >= 11 is 7.52. The minimum atomic E-state index is -0.341. The summed E-state index contributed by atoms with van der Waals surface area (Å²) in [6.45, 7) is 3.58. The molecule has 0 spiro atoms. The van der Waals surface area contributed by atoms with E-state index < -0.39 is 0 Å². The van der Waals surface area contributed by atoms with Crippen molar-refractivity contribution in [3.8, 4) is 11.3 Å². The van der Waals surface area contributed by atoms with Gasteiger partial charge in [0.05, 0.1) is 29.6 Å². The van der Waals surface area contributed by atoms with Crippen LogP contribution in [0.15, 0.2) is 66.0 Å². The van der Waals surface area contributed by atoms with Gasteiger partial charge in [-0.25, -0.2) is 4.98 Å². The standard InChI is InChI=1S/C25H27ClN4O2S/c1-17(24(32)29-13-5-8-20(16-29)23(27)31)33-25-28-14-22(19-9-11-21(26)12-10-19)30(25)15-18-6-3-2-4-7-18/h2-4,6-7,9-12,14,17,20H,5,8,13,15-16H2,1H3,(H2,27,31). The zero-order chi connectivity index (χ0) is 23.4. The van der Waals surface area contributed by atoms with E-state index in [0.29, 0.717) is 24.7 Å². The predicted octanol–water partition coefficient (Wildman–Crippen LogP) is 4.46. The number of benzene rings is 2. The molecule has 4 rings (SSSR count). The first-order valence-corrected chi connectivity index (χ1v) is 12.3. The molecule has 3 aromatic rings. The highest BCUT2D eigenvalue weighted by atomic mass is 35.5. The number of nitrogens with zero attached hydrogens (tertiary/aromatic N) is 3. The maximum atomic E-state index is 13.2. The van der Waals surface area contributed by atoms with Gasteiger partial charge in [0.1, 0.15) is 0 Å². The molecule has 8 heteroatoms. The summed E-state index contributed by atoms with van der Waals surface area (Å²) < 4.78 is 2.13. The molecule has 1 aliphatic heterocycles. The van der Waals surface area contributed by atoms with Crippen molar-refractivity contribution < 1.29 is 9.59 Å². The van der Waals surface area contributed by atoms with Crippen molar-refractivity contribution in [3.63, 3.8) is 0 Å². The van der Waals surface area contributed by atoms with E-state index in [0.717, 1.165) is 34.8 Å². The number of rotatable bonds is 7. The van der Waals surface area contributed by atoms with Gasteiger partial charge in [-0.3, -0.25) is 9.59 Å². The van der Waals surface area contributed by atoms with E-state index >= 15 is 0 Å². The van der Waals surface area contributed by atoms with Crippen LogP contribution >= 0.6 is 23.4 Å². The van der Waals surface area contributed by atoms with Gasteiger partial charge < -0.3 is 15.2 Å². The summed E-state index contributed by atoms with van der Waals surface area (Å²) in [5.41, 5.74) is 8.60. The lowest BCUT2D eigenvalue weighted by molar-refractivity contribution is -0.134. The van der Waals surface area contributed by atoms with Crippen LogP contribution in [0.5, 0.6) is 0 Å². The number of thioether (sulfide) groups is 1. The Bertz CT molecular complexity index is 1120. The van der Waals surface area contributed by atoms with E-state index in [1.807, 2.05) is 55.6 Å². The van der Waals surface area contributed by atoms with Crippen LogP contribution in [0.1, 0.15) is 25.3 Å². The van der Waals surface area contributed by atoms with Gasteiger partial charge in [0.25, 0.3) is 0 Å². The monoisotopic (exact) mass is 482 g/mol. The summed E-state index contributed by atoms with van der Waals surface area (Å²) in [6, 6.07) is 17.8.